The van der Waals surface area contributed by atoms with Crippen LogP contribution in [0.1, 0.15) is 33.1 Å². The van der Waals surface area contributed by atoms with Crippen LogP contribution in [0.3, 0.4) is 0 Å². The molecule has 0 saturated carbocycles. The molecule has 29 heavy (non-hydrogen) atoms. The number of carbonyl (C=O) groups is 2. The van der Waals surface area contributed by atoms with Gasteiger partial charge in [-0.15, -0.1) is 0 Å². The number of benzene rings is 3. The highest BCUT2D eigenvalue weighted by Crippen LogP contribution is 2.44. The first-order valence-corrected chi connectivity index (χ1v) is 10.1. The molecule has 1 unspecified atom stereocenters. The first-order chi connectivity index (χ1) is 14.2. The highest BCUT2D eigenvalue weighted by atomic mass is 16.2. The summed E-state index contributed by atoms with van der Waals surface area (Å²) < 4.78 is 0. The van der Waals surface area contributed by atoms with Crippen molar-refractivity contribution in [3.8, 4) is 0 Å². The second-order valence-electron chi connectivity index (χ2n) is 7.67. The molecule has 0 radical (unpaired) electrons. The quantitative estimate of drug-likeness (QED) is 0.642. The van der Waals surface area contributed by atoms with E-state index in [9.17, 15) is 9.59 Å². The van der Waals surface area contributed by atoms with Gasteiger partial charge >= 0.3 is 0 Å². The number of hydrazine groups is 1. The van der Waals surface area contributed by atoms with Crippen LogP contribution < -0.4 is 0 Å². The van der Waals surface area contributed by atoms with Gasteiger partial charge in [0.25, 0.3) is 5.91 Å². The summed E-state index contributed by atoms with van der Waals surface area (Å²) in [5.41, 5.74) is 4.09. The molecule has 0 aliphatic carbocycles. The Morgan fingerprint density at radius 1 is 0.862 bits per heavy atom. The molecular weight excluding hydrogens is 360 g/mol. The normalized spacial score (nSPS) is 21.0. The molecule has 2 amide bonds. The second kappa shape index (κ2) is 7.30. The van der Waals surface area contributed by atoms with E-state index in [2.05, 4.69) is 12.1 Å². The van der Waals surface area contributed by atoms with Crippen molar-refractivity contribution in [1.29, 1.82) is 0 Å². The topological polar surface area (TPSA) is 40.6 Å². The number of amides is 2. The van der Waals surface area contributed by atoms with Gasteiger partial charge in [-0.3, -0.25) is 9.59 Å². The van der Waals surface area contributed by atoms with E-state index in [0.29, 0.717) is 18.5 Å². The van der Waals surface area contributed by atoms with E-state index in [4.69, 9.17) is 0 Å². The number of imide groups is 1. The molecule has 4 heteroatoms. The standard InChI is InChI=1S/C25H22N2O2/c28-24(20-12-5-2-6-13-20)27-25(29)22(17-18-9-3-1-4-10-18)23-21-14-8-7-11-19(21)15-16-26(23)27/h1-14,22-23H,15-17H2/t22-,23?/m0/s1. The van der Waals surface area contributed by atoms with Gasteiger partial charge in [-0.1, -0.05) is 72.8 Å². The summed E-state index contributed by atoms with van der Waals surface area (Å²) >= 11 is 0. The molecule has 144 valence electrons. The first kappa shape index (κ1) is 17.8. The molecule has 0 spiro atoms. The lowest BCUT2D eigenvalue weighted by atomic mass is 9.83. The highest BCUT2D eigenvalue weighted by molar-refractivity contribution is 6.06. The summed E-state index contributed by atoms with van der Waals surface area (Å²) in [7, 11) is 0. The van der Waals surface area contributed by atoms with Gasteiger partial charge in [0, 0.05) is 12.1 Å². The number of fused-ring (bicyclic) bond motifs is 3. The molecule has 2 aliphatic heterocycles. The van der Waals surface area contributed by atoms with E-state index >= 15 is 0 Å². The van der Waals surface area contributed by atoms with E-state index in [1.165, 1.54) is 10.6 Å². The Labute approximate surface area is 170 Å². The zero-order valence-corrected chi connectivity index (χ0v) is 16.1. The van der Waals surface area contributed by atoms with Gasteiger partial charge in [0.1, 0.15) is 0 Å². The van der Waals surface area contributed by atoms with Crippen molar-refractivity contribution in [2.45, 2.75) is 18.9 Å². The van der Waals surface area contributed by atoms with Crippen LogP contribution in [0, 0.1) is 5.92 Å². The Bertz CT molecular complexity index is 1050. The van der Waals surface area contributed by atoms with Gasteiger partial charge in [-0.05, 0) is 41.7 Å². The van der Waals surface area contributed by atoms with E-state index in [1.54, 1.807) is 12.1 Å². The van der Waals surface area contributed by atoms with Gasteiger partial charge in [0.05, 0.1) is 12.0 Å². The van der Waals surface area contributed by atoms with E-state index < -0.39 is 0 Å². The third-order valence-corrected chi connectivity index (χ3v) is 5.98. The van der Waals surface area contributed by atoms with Crippen LogP contribution >= 0.6 is 0 Å². The van der Waals surface area contributed by atoms with E-state index in [1.807, 2.05) is 65.7 Å². The summed E-state index contributed by atoms with van der Waals surface area (Å²) in [5.74, 6) is -0.633. The van der Waals surface area contributed by atoms with Gasteiger partial charge in [-0.25, -0.2) is 10.0 Å². The van der Waals surface area contributed by atoms with Gasteiger partial charge in [-0.2, -0.15) is 0 Å². The van der Waals surface area contributed by atoms with Crippen molar-refractivity contribution in [3.05, 3.63) is 107 Å². The van der Waals surface area contributed by atoms with Gasteiger partial charge in [0.15, 0.2) is 0 Å². The minimum Gasteiger partial charge on any atom is -0.273 e. The van der Waals surface area contributed by atoms with Crippen molar-refractivity contribution in [2.24, 2.45) is 5.92 Å². The molecular formula is C25H22N2O2. The molecule has 3 aromatic carbocycles. The lowest BCUT2D eigenvalue weighted by molar-refractivity contribution is -0.135. The zero-order valence-electron chi connectivity index (χ0n) is 16.1. The number of hydrogen-bond acceptors (Lipinski definition) is 3. The molecule has 2 atom stereocenters. The monoisotopic (exact) mass is 382 g/mol. The van der Waals surface area contributed by atoms with Gasteiger partial charge in [0.2, 0.25) is 5.91 Å². The average molecular weight is 382 g/mol. The third-order valence-electron chi connectivity index (χ3n) is 5.98. The Morgan fingerprint density at radius 2 is 1.52 bits per heavy atom. The zero-order chi connectivity index (χ0) is 19.8. The van der Waals surface area contributed by atoms with Crippen molar-refractivity contribution in [3.63, 3.8) is 0 Å². The minimum absolute atomic E-state index is 0.107. The summed E-state index contributed by atoms with van der Waals surface area (Å²) in [5, 5.41) is 3.40. The predicted octanol–water partition coefficient (Wildman–Crippen LogP) is 4.04. The van der Waals surface area contributed by atoms with Crippen LogP contribution in [0.4, 0.5) is 0 Å². The molecule has 2 aliphatic rings. The highest BCUT2D eigenvalue weighted by Gasteiger charge is 2.51. The maximum Gasteiger partial charge on any atom is 0.275 e. The van der Waals surface area contributed by atoms with Crippen molar-refractivity contribution >= 4 is 11.8 Å². The number of rotatable bonds is 3. The molecule has 0 bridgehead atoms. The van der Waals surface area contributed by atoms with E-state index in [-0.39, 0.29) is 23.8 Å². The fourth-order valence-electron chi connectivity index (χ4n) is 4.64. The minimum atomic E-state index is -0.286. The van der Waals surface area contributed by atoms with Crippen LogP contribution in [0.25, 0.3) is 0 Å². The Balaban J connectivity index is 1.57. The first-order valence-electron chi connectivity index (χ1n) is 10.1. The molecule has 0 aromatic heterocycles. The number of hydrogen-bond donors (Lipinski definition) is 0. The predicted molar refractivity (Wildman–Crippen MR) is 111 cm³/mol. The maximum atomic E-state index is 13.6. The SMILES string of the molecule is O=C(c1ccccc1)N1C(=O)[C@@H](Cc2ccccc2)C2c3ccccc3CCN21. The Kier molecular flexibility index (Phi) is 4.49. The summed E-state index contributed by atoms with van der Waals surface area (Å²) in [6, 6.07) is 27.3. The molecule has 4 nitrogen and oxygen atoms in total. The van der Waals surface area contributed by atoms with E-state index in [0.717, 1.165) is 17.5 Å². The molecule has 1 fully saturated rings. The van der Waals surface area contributed by atoms with Crippen LogP contribution in [0.2, 0.25) is 0 Å². The summed E-state index contributed by atoms with van der Waals surface area (Å²) in [6.45, 7) is 0.664. The largest absolute Gasteiger partial charge is 0.275 e. The molecule has 3 aromatic rings. The van der Waals surface area contributed by atoms with Crippen LogP contribution in [-0.2, 0) is 17.6 Å². The smallest absolute Gasteiger partial charge is 0.273 e. The number of nitrogens with zero attached hydrogens (tertiary/aromatic N) is 2. The average Bonchev–Trinajstić information content (AvgIpc) is 3.06. The van der Waals surface area contributed by atoms with Gasteiger partial charge < -0.3 is 0 Å². The summed E-state index contributed by atoms with van der Waals surface area (Å²) in [6.07, 6.45) is 1.45. The Morgan fingerprint density at radius 3 is 2.28 bits per heavy atom. The summed E-state index contributed by atoms with van der Waals surface area (Å²) in [4.78, 5) is 26.8. The van der Waals surface area contributed by atoms with Crippen molar-refractivity contribution in [1.82, 2.24) is 10.0 Å². The maximum absolute atomic E-state index is 13.6. The third kappa shape index (κ3) is 3.06. The molecule has 0 N–H and O–H groups in total. The van der Waals surface area contributed by atoms with Crippen LogP contribution in [-0.4, -0.2) is 28.4 Å². The fraction of sp³-hybridized carbons (Fsp3) is 0.200. The Hall–Kier alpha value is -3.24. The van der Waals surface area contributed by atoms with Crippen LogP contribution in [0.5, 0.6) is 0 Å². The fourth-order valence-corrected chi connectivity index (χ4v) is 4.64. The molecule has 2 heterocycles. The van der Waals surface area contributed by atoms with Crippen LogP contribution in [0.15, 0.2) is 84.9 Å². The van der Waals surface area contributed by atoms with Crippen molar-refractivity contribution < 1.29 is 9.59 Å². The molecule has 5 rings (SSSR count). The lowest BCUT2D eigenvalue weighted by Crippen LogP contribution is -2.46. The number of carbonyl (C=O) groups excluding carboxylic acids is 2. The molecule has 1 saturated heterocycles. The second-order valence-corrected chi connectivity index (χ2v) is 7.67. The van der Waals surface area contributed by atoms with Crippen molar-refractivity contribution in [2.75, 3.05) is 6.54 Å². The lowest BCUT2D eigenvalue weighted by Gasteiger charge is -2.36.